The maximum Gasteiger partial charge on any atom is 0.426 e. The van der Waals surface area contributed by atoms with Gasteiger partial charge in [0.25, 0.3) is 5.60 Å². The first-order chi connectivity index (χ1) is 14.5. The van der Waals surface area contributed by atoms with Gasteiger partial charge in [0.2, 0.25) is 5.83 Å². The minimum Gasteiger partial charge on any atom is -0.373 e. The fraction of sp³-hybridized carbons (Fsp3) is 0.800. The van der Waals surface area contributed by atoms with Crippen molar-refractivity contribution in [2.24, 2.45) is 23.7 Å². The van der Waals surface area contributed by atoms with Crippen molar-refractivity contribution in [3.63, 3.8) is 0 Å². The molecule has 0 amide bonds. The summed E-state index contributed by atoms with van der Waals surface area (Å²) < 4.78 is 145. The van der Waals surface area contributed by atoms with Crippen LogP contribution < -0.4 is 0 Å². The Morgan fingerprint density at radius 2 is 1.34 bits per heavy atom. The van der Waals surface area contributed by atoms with Crippen LogP contribution in [0.25, 0.3) is 0 Å². The van der Waals surface area contributed by atoms with Crippen LogP contribution in [-0.2, 0) is 0 Å². The molecule has 4 atom stereocenters. The van der Waals surface area contributed by atoms with E-state index in [2.05, 4.69) is 0 Å². The van der Waals surface area contributed by atoms with Crippen LogP contribution in [0.3, 0.4) is 0 Å². The molecule has 0 radical (unpaired) electrons. The molecule has 2 rings (SSSR count). The maximum absolute atomic E-state index is 14.2. The van der Waals surface area contributed by atoms with Crippen LogP contribution in [0.4, 0.5) is 48.3 Å². The van der Waals surface area contributed by atoms with Crippen molar-refractivity contribution >= 4 is 0 Å². The third-order valence-corrected chi connectivity index (χ3v) is 6.63. The molecule has 0 heterocycles. The molecule has 0 bridgehead atoms. The molecule has 0 aliphatic heterocycles. The standard InChI is InChI=1S/C20H23F11O/c21-15(16(22)23)17(24,25)14(18(32,19(26,27)28)20(29,30)31)7-3-4-11-8-9-12-5-1-2-6-13(12)10-11/h3-4,11-14,32H,1-2,5-10H2. The van der Waals surface area contributed by atoms with E-state index in [0.717, 1.165) is 38.2 Å². The molecule has 0 aromatic carbocycles. The summed E-state index contributed by atoms with van der Waals surface area (Å²) in [7, 11) is 0. The summed E-state index contributed by atoms with van der Waals surface area (Å²) in [5.74, 6) is -13.5. The molecule has 2 aliphatic rings. The lowest BCUT2D eigenvalue weighted by Gasteiger charge is -2.41. The largest absolute Gasteiger partial charge is 0.426 e. The Labute approximate surface area is 177 Å². The summed E-state index contributed by atoms with van der Waals surface area (Å²) in [5.41, 5.74) is -6.12. The Morgan fingerprint density at radius 1 is 0.812 bits per heavy atom. The second kappa shape index (κ2) is 9.50. The Bertz CT molecular complexity index is 689. The predicted molar refractivity (Wildman–Crippen MR) is 92.4 cm³/mol. The minimum absolute atomic E-state index is 0.299. The number of allylic oxidation sites excluding steroid dienone is 3. The van der Waals surface area contributed by atoms with Gasteiger partial charge in [-0.15, -0.1) is 0 Å². The van der Waals surface area contributed by atoms with E-state index in [1.165, 1.54) is 0 Å². The molecular formula is C20H23F11O. The molecule has 2 fully saturated rings. The number of hydrogen-bond acceptors (Lipinski definition) is 1. The highest BCUT2D eigenvalue weighted by atomic mass is 19.4. The van der Waals surface area contributed by atoms with E-state index in [1.54, 1.807) is 0 Å². The van der Waals surface area contributed by atoms with Crippen molar-refractivity contribution in [2.75, 3.05) is 0 Å². The highest BCUT2D eigenvalue weighted by Crippen LogP contribution is 2.55. The zero-order valence-corrected chi connectivity index (χ0v) is 16.7. The third kappa shape index (κ3) is 5.25. The maximum atomic E-state index is 14.2. The van der Waals surface area contributed by atoms with Gasteiger partial charge in [-0.3, -0.25) is 0 Å². The molecule has 0 aromatic heterocycles. The summed E-state index contributed by atoms with van der Waals surface area (Å²) in [6.45, 7) is 0. The fourth-order valence-corrected chi connectivity index (χ4v) is 4.91. The highest BCUT2D eigenvalue weighted by Gasteiger charge is 2.78. The van der Waals surface area contributed by atoms with Gasteiger partial charge >= 0.3 is 24.4 Å². The second-order valence-corrected chi connectivity index (χ2v) is 8.55. The number of hydrogen-bond donors (Lipinski definition) is 1. The lowest BCUT2D eigenvalue weighted by Crippen LogP contribution is -2.65. The van der Waals surface area contributed by atoms with E-state index >= 15 is 0 Å². The van der Waals surface area contributed by atoms with Gasteiger partial charge < -0.3 is 5.11 Å². The summed E-state index contributed by atoms with van der Waals surface area (Å²) >= 11 is 0. The van der Waals surface area contributed by atoms with E-state index in [1.807, 2.05) is 0 Å². The Hall–Kier alpha value is -1.33. The van der Waals surface area contributed by atoms with Crippen molar-refractivity contribution in [3.05, 3.63) is 24.1 Å². The van der Waals surface area contributed by atoms with Gasteiger partial charge in [0.05, 0.1) is 5.92 Å². The molecule has 2 aliphatic carbocycles. The molecule has 0 spiro atoms. The van der Waals surface area contributed by atoms with E-state index < -0.39 is 48.1 Å². The molecule has 4 unspecified atom stereocenters. The van der Waals surface area contributed by atoms with Crippen molar-refractivity contribution in [1.29, 1.82) is 0 Å². The number of halogens is 11. The van der Waals surface area contributed by atoms with Crippen LogP contribution in [0.2, 0.25) is 0 Å². The van der Waals surface area contributed by atoms with Gasteiger partial charge in [-0.2, -0.15) is 48.3 Å². The van der Waals surface area contributed by atoms with Gasteiger partial charge in [0, 0.05) is 0 Å². The van der Waals surface area contributed by atoms with Gasteiger partial charge in [-0.1, -0.05) is 37.8 Å². The smallest absolute Gasteiger partial charge is 0.373 e. The van der Waals surface area contributed by atoms with Gasteiger partial charge in [0.15, 0.2) is 0 Å². The number of aliphatic hydroxyl groups is 1. The molecule has 186 valence electrons. The molecule has 1 N–H and O–H groups in total. The zero-order valence-electron chi connectivity index (χ0n) is 16.7. The lowest BCUT2D eigenvalue weighted by molar-refractivity contribution is -0.399. The summed E-state index contributed by atoms with van der Waals surface area (Å²) in [5, 5.41) is 9.40. The van der Waals surface area contributed by atoms with E-state index in [9.17, 15) is 53.4 Å². The van der Waals surface area contributed by atoms with Crippen LogP contribution in [0, 0.1) is 23.7 Å². The molecule has 0 aromatic rings. The van der Waals surface area contributed by atoms with Crippen molar-refractivity contribution < 1.29 is 53.4 Å². The van der Waals surface area contributed by atoms with Crippen molar-refractivity contribution in [3.8, 4) is 0 Å². The van der Waals surface area contributed by atoms with Crippen LogP contribution in [-0.4, -0.2) is 29.0 Å². The predicted octanol–water partition coefficient (Wildman–Crippen LogP) is 7.72. The first-order valence-corrected chi connectivity index (χ1v) is 10.1. The van der Waals surface area contributed by atoms with E-state index in [4.69, 9.17) is 0 Å². The number of alkyl halides is 8. The quantitative estimate of drug-likeness (QED) is 0.300. The van der Waals surface area contributed by atoms with Crippen LogP contribution >= 0.6 is 0 Å². The van der Waals surface area contributed by atoms with Crippen LogP contribution in [0.15, 0.2) is 24.1 Å². The number of rotatable bonds is 6. The van der Waals surface area contributed by atoms with Gasteiger partial charge in [0.1, 0.15) is 0 Å². The first kappa shape index (κ1) is 26.9. The lowest BCUT2D eigenvalue weighted by atomic mass is 9.67. The Kier molecular flexibility index (Phi) is 7.99. The molecule has 32 heavy (non-hydrogen) atoms. The first-order valence-electron chi connectivity index (χ1n) is 10.1. The van der Waals surface area contributed by atoms with Crippen molar-refractivity contribution in [1.82, 2.24) is 0 Å². The van der Waals surface area contributed by atoms with Crippen molar-refractivity contribution in [2.45, 2.75) is 75.2 Å². The second-order valence-electron chi connectivity index (χ2n) is 8.55. The third-order valence-electron chi connectivity index (χ3n) is 6.63. The topological polar surface area (TPSA) is 20.2 Å². The average molecular weight is 488 g/mol. The van der Waals surface area contributed by atoms with E-state index in [-0.39, 0.29) is 5.92 Å². The summed E-state index contributed by atoms with van der Waals surface area (Å²) in [6, 6.07) is 0. The fourth-order valence-electron chi connectivity index (χ4n) is 4.91. The monoisotopic (exact) mass is 488 g/mol. The highest BCUT2D eigenvalue weighted by molar-refractivity contribution is 5.16. The van der Waals surface area contributed by atoms with E-state index in [0.29, 0.717) is 30.8 Å². The Balaban J connectivity index is 2.35. The summed E-state index contributed by atoms with van der Waals surface area (Å²) in [4.78, 5) is 0. The molecule has 1 nitrogen and oxygen atoms in total. The average Bonchev–Trinajstić information content (AvgIpc) is 2.68. The summed E-state index contributed by atoms with van der Waals surface area (Å²) in [6.07, 6.45) is -11.5. The molecule has 0 saturated heterocycles. The van der Waals surface area contributed by atoms with Crippen LogP contribution in [0.5, 0.6) is 0 Å². The number of fused-ring (bicyclic) bond motifs is 1. The van der Waals surface area contributed by atoms with Gasteiger partial charge in [-0.05, 0) is 43.4 Å². The minimum atomic E-state index is -6.74. The molecule has 12 heteroatoms. The molecular weight excluding hydrogens is 465 g/mol. The zero-order chi connectivity index (χ0) is 24.5. The van der Waals surface area contributed by atoms with Gasteiger partial charge in [-0.25, -0.2) is 0 Å². The molecule has 2 saturated carbocycles. The Morgan fingerprint density at radius 3 is 1.84 bits per heavy atom. The van der Waals surface area contributed by atoms with Crippen LogP contribution in [0.1, 0.15) is 51.4 Å². The SMILES string of the molecule is OC(C(CC=CC1CCC2CCCCC2C1)C(F)(F)C(F)=C(F)F)(C(F)(F)F)C(F)(F)F. The normalized spacial score (nSPS) is 26.7.